The maximum atomic E-state index is 13.0. The van der Waals surface area contributed by atoms with Crippen LogP contribution in [0.4, 0.5) is 4.79 Å². The summed E-state index contributed by atoms with van der Waals surface area (Å²) in [6.07, 6.45) is 1.68. The first kappa shape index (κ1) is 25.8. The minimum absolute atomic E-state index is 0.157. The number of carbonyl (C=O) groups is 2. The standard InChI is InChI=1S/C26H20Br2ClNO4S/c1-2-33-20-12-18(22(27)23(28)24(20)34-15-16-7-4-3-5-8-16)13-21-25(31)30(26(32)35-21)14-17-9-6-10-19(29)11-17/h3-13H,2,14-15H2,1H3/b21-13-. The molecule has 0 atom stereocenters. The molecule has 1 saturated heterocycles. The molecule has 0 bridgehead atoms. The van der Waals surface area contributed by atoms with Crippen molar-refractivity contribution < 1.29 is 19.1 Å². The van der Waals surface area contributed by atoms with E-state index in [1.54, 1.807) is 30.3 Å². The Kier molecular flexibility index (Phi) is 8.59. The predicted molar refractivity (Wildman–Crippen MR) is 147 cm³/mol. The maximum Gasteiger partial charge on any atom is 0.293 e. The molecule has 180 valence electrons. The van der Waals surface area contributed by atoms with Crippen molar-refractivity contribution >= 4 is 72.4 Å². The highest BCUT2D eigenvalue weighted by atomic mass is 79.9. The summed E-state index contributed by atoms with van der Waals surface area (Å²) in [4.78, 5) is 27.2. The number of rotatable bonds is 8. The molecule has 1 aliphatic heterocycles. The van der Waals surface area contributed by atoms with E-state index in [4.69, 9.17) is 21.1 Å². The van der Waals surface area contributed by atoms with Crippen LogP contribution in [-0.2, 0) is 17.9 Å². The van der Waals surface area contributed by atoms with E-state index in [9.17, 15) is 9.59 Å². The van der Waals surface area contributed by atoms with Gasteiger partial charge in [0.15, 0.2) is 11.5 Å². The summed E-state index contributed by atoms with van der Waals surface area (Å²) in [5.41, 5.74) is 2.49. The van der Waals surface area contributed by atoms with Gasteiger partial charge in [-0.1, -0.05) is 54.1 Å². The van der Waals surface area contributed by atoms with E-state index < -0.39 is 0 Å². The number of amides is 2. The van der Waals surface area contributed by atoms with Crippen molar-refractivity contribution in [1.29, 1.82) is 0 Å². The highest BCUT2D eigenvalue weighted by molar-refractivity contribution is 9.13. The molecule has 9 heteroatoms. The number of ether oxygens (including phenoxy) is 2. The Balaban J connectivity index is 1.61. The molecule has 35 heavy (non-hydrogen) atoms. The Bertz CT molecular complexity index is 1300. The van der Waals surface area contributed by atoms with Gasteiger partial charge >= 0.3 is 0 Å². The van der Waals surface area contributed by atoms with Gasteiger partial charge in [0.2, 0.25) is 0 Å². The van der Waals surface area contributed by atoms with Gasteiger partial charge in [0.25, 0.3) is 11.1 Å². The Labute approximate surface area is 229 Å². The highest BCUT2D eigenvalue weighted by Crippen LogP contribution is 2.45. The molecule has 0 N–H and O–H groups in total. The van der Waals surface area contributed by atoms with Crippen molar-refractivity contribution in [1.82, 2.24) is 4.90 Å². The molecule has 0 unspecified atom stereocenters. The highest BCUT2D eigenvalue weighted by Gasteiger charge is 2.35. The van der Waals surface area contributed by atoms with Gasteiger partial charge in [-0.05, 0) is 91.5 Å². The molecule has 3 aromatic carbocycles. The van der Waals surface area contributed by atoms with E-state index in [2.05, 4.69) is 31.9 Å². The van der Waals surface area contributed by atoms with Crippen LogP contribution in [-0.4, -0.2) is 22.7 Å². The van der Waals surface area contributed by atoms with Gasteiger partial charge in [-0.25, -0.2) is 0 Å². The minimum atomic E-state index is -0.356. The monoisotopic (exact) mass is 635 g/mol. The zero-order valence-electron chi connectivity index (χ0n) is 18.6. The second kappa shape index (κ2) is 11.6. The molecule has 0 radical (unpaired) electrons. The fraction of sp³-hybridized carbons (Fsp3) is 0.154. The molecule has 3 aromatic rings. The van der Waals surface area contributed by atoms with Crippen LogP contribution in [0.1, 0.15) is 23.6 Å². The van der Waals surface area contributed by atoms with Crippen LogP contribution < -0.4 is 9.47 Å². The van der Waals surface area contributed by atoms with Crippen LogP contribution >= 0.6 is 55.2 Å². The third-order valence-corrected chi connectivity index (χ3v) is 8.36. The van der Waals surface area contributed by atoms with Crippen molar-refractivity contribution in [3.63, 3.8) is 0 Å². The predicted octanol–water partition coefficient (Wildman–Crippen LogP) is 8.08. The molecule has 0 aliphatic carbocycles. The molecular weight excluding hydrogens is 618 g/mol. The summed E-state index contributed by atoms with van der Waals surface area (Å²) < 4.78 is 13.3. The summed E-state index contributed by atoms with van der Waals surface area (Å²) in [6, 6.07) is 18.7. The molecule has 2 amide bonds. The molecule has 1 fully saturated rings. The average Bonchev–Trinajstić information content (AvgIpc) is 3.10. The first-order chi connectivity index (χ1) is 16.9. The van der Waals surface area contributed by atoms with Crippen LogP contribution in [0.3, 0.4) is 0 Å². The Morgan fingerprint density at radius 1 is 0.971 bits per heavy atom. The SMILES string of the molecule is CCOc1cc(/C=C2\SC(=O)N(Cc3cccc(Cl)c3)C2=O)c(Br)c(Br)c1OCc1ccccc1. The number of halogens is 3. The number of imide groups is 1. The largest absolute Gasteiger partial charge is 0.490 e. The zero-order chi connectivity index (χ0) is 24.9. The molecule has 5 nitrogen and oxygen atoms in total. The molecule has 1 aliphatic rings. The maximum absolute atomic E-state index is 13.0. The van der Waals surface area contributed by atoms with Gasteiger partial charge in [0, 0.05) is 9.50 Å². The second-order valence-corrected chi connectivity index (χ2v) is 10.5. The van der Waals surface area contributed by atoms with Gasteiger partial charge in [-0.15, -0.1) is 0 Å². The van der Waals surface area contributed by atoms with Crippen LogP contribution in [0.2, 0.25) is 5.02 Å². The molecule has 0 aromatic heterocycles. The van der Waals surface area contributed by atoms with Crippen LogP contribution in [0.25, 0.3) is 6.08 Å². The first-order valence-electron chi connectivity index (χ1n) is 10.7. The van der Waals surface area contributed by atoms with E-state index in [0.29, 0.717) is 49.1 Å². The third-order valence-electron chi connectivity index (χ3n) is 5.07. The normalized spacial score (nSPS) is 14.6. The number of nitrogens with zero attached hydrogens (tertiary/aromatic N) is 1. The quantitative estimate of drug-likeness (QED) is 0.234. The van der Waals surface area contributed by atoms with Crippen molar-refractivity contribution in [2.75, 3.05) is 6.61 Å². The number of benzene rings is 3. The Morgan fingerprint density at radius 3 is 2.43 bits per heavy atom. The van der Waals surface area contributed by atoms with Gasteiger partial charge < -0.3 is 9.47 Å². The molecular formula is C26H20Br2ClNO4S. The van der Waals surface area contributed by atoms with Crippen molar-refractivity contribution in [3.8, 4) is 11.5 Å². The lowest BCUT2D eigenvalue weighted by Crippen LogP contribution is -2.27. The Hall–Kier alpha value is -2.26. The third kappa shape index (κ3) is 6.12. The molecule has 1 heterocycles. The minimum Gasteiger partial charge on any atom is -0.490 e. The summed E-state index contributed by atoms with van der Waals surface area (Å²) >= 11 is 14.2. The average molecular weight is 638 g/mol. The van der Waals surface area contributed by atoms with E-state index in [0.717, 1.165) is 22.9 Å². The van der Waals surface area contributed by atoms with Gasteiger partial charge in [-0.3, -0.25) is 14.5 Å². The van der Waals surface area contributed by atoms with Crippen LogP contribution in [0.5, 0.6) is 11.5 Å². The van der Waals surface area contributed by atoms with E-state index in [1.807, 2.05) is 43.3 Å². The van der Waals surface area contributed by atoms with Gasteiger partial charge in [0.1, 0.15) is 6.61 Å². The summed E-state index contributed by atoms with van der Waals surface area (Å²) in [7, 11) is 0. The number of thioether (sulfide) groups is 1. The molecule has 0 spiro atoms. The Morgan fingerprint density at radius 2 is 1.71 bits per heavy atom. The first-order valence-corrected chi connectivity index (χ1v) is 13.5. The van der Waals surface area contributed by atoms with E-state index in [1.165, 1.54) is 4.90 Å². The zero-order valence-corrected chi connectivity index (χ0v) is 23.3. The van der Waals surface area contributed by atoms with E-state index >= 15 is 0 Å². The van der Waals surface area contributed by atoms with Gasteiger partial charge in [0.05, 0.1) is 22.5 Å². The van der Waals surface area contributed by atoms with Gasteiger partial charge in [-0.2, -0.15) is 0 Å². The second-order valence-electron chi connectivity index (χ2n) is 7.53. The fourth-order valence-electron chi connectivity index (χ4n) is 3.43. The van der Waals surface area contributed by atoms with Crippen LogP contribution in [0, 0.1) is 0 Å². The lowest BCUT2D eigenvalue weighted by Gasteiger charge is -2.17. The van der Waals surface area contributed by atoms with Crippen molar-refractivity contribution in [3.05, 3.63) is 96.2 Å². The smallest absolute Gasteiger partial charge is 0.293 e. The van der Waals surface area contributed by atoms with E-state index in [-0.39, 0.29) is 17.7 Å². The lowest BCUT2D eigenvalue weighted by molar-refractivity contribution is -0.123. The van der Waals surface area contributed by atoms with Crippen molar-refractivity contribution in [2.45, 2.75) is 20.1 Å². The summed E-state index contributed by atoms with van der Waals surface area (Å²) in [5.74, 6) is 0.724. The fourth-order valence-corrected chi connectivity index (χ4v) is 5.42. The number of carbonyl (C=O) groups excluding carboxylic acids is 2. The molecule has 0 saturated carbocycles. The lowest BCUT2D eigenvalue weighted by atomic mass is 10.1. The summed E-state index contributed by atoms with van der Waals surface area (Å²) in [5, 5.41) is 0.223. The van der Waals surface area contributed by atoms with Crippen molar-refractivity contribution in [2.24, 2.45) is 0 Å². The number of hydrogen-bond acceptors (Lipinski definition) is 5. The molecule has 4 rings (SSSR count). The van der Waals surface area contributed by atoms with Crippen LogP contribution in [0.15, 0.2) is 74.5 Å². The summed E-state index contributed by atoms with van der Waals surface area (Å²) in [6.45, 7) is 2.85. The topological polar surface area (TPSA) is 55.8 Å². The number of hydrogen-bond donors (Lipinski definition) is 0.